The number of nitrogens with zero attached hydrogens (tertiary/aromatic N) is 3. The minimum absolute atomic E-state index is 0. The van der Waals surface area contributed by atoms with Crippen molar-refractivity contribution in [3.05, 3.63) is 11.9 Å². The molecule has 0 spiro atoms. The van der Waals surface area contributed by atoms with Gasteiger partial charge in [0.1, 0.15) is 0 Å². The van der Waals surface area contributed by atoms with Crippen LogP contribution in [0, 0.1) is 6.92 Å². The fourth-order valence-electron chi connectivity index (χ4n) is 0.807. The first-order valence-corrected chi connectivity index (χ1v) is 3.77. The van der Waals surface area contributed by atoms with Crippen molar-refractivity contribution in [1.29, 1.82) is 0 Å². The van der Waals surface area contributed by atoms with Crippen molar-refractivity contribution in [3.8, 4) is 0 Å². The van der Waals surface area contributed by atoms with Crippen LogP contribution in [0.15, 0.2) is 6.20 Å². The van der Waals surface area contributed by atoms with E-state index in [0.29, 0.717) is 6.61 Å². The third-order valence-electron chi connectivity index (χ3n) is 1.32. The molecule has 0 amide bonds. The molecule has 0 aliphatic heterocycles. The molecule has 4 nitrogen and oxygen atoms in total. The Morgan fingerprint density at radius 2 is 2.33 bits per heavy atom. The van der Waals surface area contributed by atoms with Gasteiger partial charge in [0, 0.05) is 12.8 Å². The molecule has 0 N–H and O–H groups in total. The second kappa shape index (κ2) is 5.71. The maximum absolute atomic E-state index is 5.16. The van der Waals surface area contributed by atoms with Gasteiger partial charge >= 0.3 is 0 Å². The molecule has 0 atom stereocenters. The summed E-state index contributed by atoms with van der Waals surface area (Å²) < 4.78 is 6.94. The second-order valence-electron chi connectivity index (χ2n) is 2.32. The summed E-state index contributed by atoms with van der Waals surface area (Å²) in [7, 11) is 0. The third kappa shape index (κ3) is 3.48. The van der Waals surface area contributed by atoms with Crippen LogP contribution in [0.2, 0.25) is 0 Å². The fourth-order valence-corrected chi connectivity index (χ4v) is 0.807. The Kier molecular flexibility index (Phi) is 5.28. The summed E-state index contributed by atoms with van der Waals surface area (Å²) in [6, 6.07) is 0. The maximum Gasteiger partial charge on any atom is 0.0796 e. The quantitative estimate of drug-likeness (QED) is 0.640. The fraction of sp³-hybridized carbons (Fsp3) is 0.750. The van der Waals surface area contributed by atoms with E-state index >= 15 is 0 Å². The van der Waals surface area contributed by atoms with E-state index in [4.69, 9.17) is 4.74 Å². The van der Waals surface area contributed by atoms with Crippen LogP contribution in [-0.2, 0) is 11.3 Å². The Hall–Kier alpha value is -0.900. The molecule has 12 heavy (non-hydrogen) atoms. The lowest BCUT2D eigenvalue weighted by atomic mass is 10.5. The Morgan fingerprint density at radius 3 is 2.83 bits per heavy atom. The highest BCUT2D eigenvalue weighted by Gasteiger charge is 1.93. The Labute approximate surface area is 73.5 Å². The Morgan fingerprint density at radius 1 is 1.58 bits per heavy atom. The first kappa shape index (κ1) is 11.1. The summed E-state index contributed by atoms with van der Waals surface area (Å²) in [5.41, 5.74) is 0.946. The van der Waals surface area contributed by atoms with Crippen molar-refractivity contribution in [2.75, 3.05) is 13.2 Å². The number of aromatic nitrogens is 3. The molecule has 0 aliphatic carbocycles. The highest BCUT2D eigenvalue weighted by atomic mass is 16.5. The van der Waals surface area contributed by atoms with Crippen molar-refractivity contribution in [2.45, 2.75) is 27.8 Å². The zero-order valence-electron chi connectivity index (χ0n) is 6.95. The molecule has 0 saturated heterocycles. The van der Waals surface area contributed by atoms with Crippen LogP contribution >= 0.6 is 0 Å². The van der Waals surface area contributed by atoms with E-state index in [9.17, 15) is 0 Å². The number of aryl methyl sites for hydroxylation is 1. The van der Waals surface area contributed by atoms with E-state index < -0.39 is 0 Å². The average molecular weight is 171 g/mol. The molecule has 0 bridgehead atoms. The van der Waals surface area contributed by atoms with Crippen molar-refractivity contribution in [2.24, 2.45) is 0 Å². The SMILES string of the molecule is C.CCOCCn1cc(C)nn1. The lowest BCUT2D eigenvalue weighted by Gasteiger charge is -1.98. The minimum atomic E-state index is 0. The molecule has 1 aromatic heterocycles. The number of ether oxygens (including phenoxy) is 1. The maximum atomic E-state index is 5.16. The summed E-state index contributed by atoms with van der Waals surface area (Å²) in [4.78, 5) is 0. The summed E-state index contributed by atoms with van der Waals surface area (Å²) in [6.07, 6.45) is 1.90. The highest BCUT2D eigenvalue weighted by Crippen LogP contribution is 1.88. The van der Waals surface area contributed by atoms with Gasteiger partial charge in [0.05, 0.1) is 18.8 Å². The van der Waals surface area contributed by atoms with Gasteiger partial charge in [0.25, 0.3) is 0 Å². The summed E-state index contributed by atoms with van der Waals surface area (Å²) >= 11 is 0. The normalized spacial score (nSPS) is 9.50. The van der Waals surface area contributed by atoms with E-state index in [2.05, 4.69) is 10.3 Å². The van der Waals surface area contributed by atoms with Gasteiger partial charge in [-0.2, -0.15) is 0 Å². The van der Waals surface area contributed by atoms with E-state index in [0.717, 1.165) is 18.8 Å². The molecule has 4 heteroatoms. The third-order valence-corrected chi connectivity index (χ3v) is 1.32. The molecule has 0 fully saturated rings. The first-order valence-electron chi connectivity index (χ1n) is 3.77. The van der Waals surface area contributed by atoms with Crippen LogP contribution < -0.4 is 0 Å². The standard InChI is InChI=1S/C7H13N3O.CH4/c1-3-11-5-4-10-6-7(2)8-9-10;/h6H,3-5H2,1-2H3;1H4. The molecule has 1 rings (SSSR count). The predicted octanol–water partition coefficient (Wildman–Crippen LogP) is 1.26. The Bertz CT molecular complexity index is 210. The van der Waals surface area contributed by atoms with Gasteiger partial charge < -0.3 is 4.74 Å². The van der Waals surface area contributed by atoms with Crippen LogP contribution in [0.3, 0.4) is 0 Å². The second-order valence-corrected chi connectivity index (χ2v) is 2.32. The number of hydrogen-bond acceptors (Lipinski definition) is 3. The molecule has 0 saturated carbocycles. The van der Waals surface area contributed by atoms with Gasteiger partial charge in [-0.25, -0.2) is 4.68 Å². The smallest absolute Gasteiger partial charge is 0.0796 e. The molecule has 1 aromatic rings. The predicted molar refractivity (Wildman–Crippen MR) is 48.0 cm³/mol. The summed E-state index contributed by atoms with van der Waals surface area (Å²) in [5.74, 6) is 0. The molecular weight excluding hydrogens is 154 g/mol. The molecular formula is C8H17N3O. The number of hydrogen-bond donors (Lipinski definition) is 0. The van der Waals surface area contributed by atoms with Crippen molar-refractivity contribution < 1.29 is 4.74 Å². The van der Waals surface area contributed by atoms with Gasteiger partial charge in [-0.1, -0.05) is 12.6 Å². The van der Waals surface area contributed by atoms with E-state index in [1.54, 1.807) is 4.68 Å². The minimum Gasteiger partial charge on any atom is -0.380 e. The Balaban J connectivity index is 0.00000121. The zero-order chi connectivity index (χ0) is 8.10. The van der Waals surface area contributed by atoms with Crippen LogP contribution in [0.1, 0.15) is 20.0 Å². The highest BCUT2D eigenvalue weighted by molar-refractivity contribution is 4.86. The monoisotopic (exact) mass is 171 g/mol. The van der Waals surface area contributed by atoms with Crippen LogP contribution in [0.4, 0.5) is 0 Å². The van der Waals surface area contributed by atoms with Gasteiger partial charge in [-0.05, 0) is 13.8 Å². The van der Waals surface area contributed by atoms with E-state index in [1.807, 2.05) is 20.0 Å². The van der Waals surface area contributed by atoms with Gasteiger partial charge in [0.15, 0.2) is 0 Å². The van der Waals surface area contributed by atoms with Crippen molar-refractivity contribution >= 4 is 0 Å². The molecule has 0 unspecified atom stereocenters. The van der Waals surface area contributed by atoms with E-state index in [1.165, 1.54) is 0 Å². The molecule has 1 heterocycles. The number of rotatable bonds is 4. The zero-order valence-corrected chi connectivity index (χ0v) is 6.95. The van der Waals surface area contributed by atoms with Gasteiger partial charge in [0.2, 0.25) is 0 Å². The molecule has 70 valence electrons. The van der Waals surface area contributed by atoms with Gasteiger partial charge in [-0.15, -0.1) is 5.10 Å². The average Bonchev–Trinajstić information content (AvgIpc) is 2.37. The van der Waals surface area contributed by atoms with Crippen LogP contribution in [-0.4, -0.2) is 28.2 Å². The topological polar surface area (TPSA) is 39.9 Å². The van der Waals surface area contributed by atoms with Crippen LogP contribution in [0.5, 0.6) is 0 Å². The summed E-state index contributed by atoms with van der Waals surface area (Å²) in [6.45, 7) is 6.15. The van der Waals surface area contributed by atoms with E-state index in [-0.39, 0.29) is 7.43 Å². The lowest BCUT2D eigenvalue weighted by Crippen LogP contribution is -2.06. The van der Waals surface area contributed by atoms with Gasteiger partial charge in [-0.3, -0.25) is 0 Å². The van der Waals surface area contributed by atoms with Crippen molar-refractivity contribution in [1.82, 2.24) is 15.0 Å². The van der Waals surface area contributed by atoms with Crippen molar-refractivity contribution in [3.63, 3.8) is 0 Å². The first-order chi connectivity index (χ1) is 5.33. The lowest BCUT2D eigenvalue weighted by molar-refractivity contribution is 0.136. The molecule has 0 radical (unpaired) electrons. The van der Waals surface area contributed by atoms with Crippen LogP contribution in [0.25, 0.3) is 0 Å². The molecule has 0 aliphatic rings. The molecule has 0 aromatic carbocycles. The largest absolute Gasteiger partial charge is 0.380 e. The summed E-state index contributed by atoms with van der Waals surface area (Å²) in [5, 5.41) is 7.73.